The number of nitriles is 1. The van der Waals surface area contributed by atoms with Crippen LogP contribution >= 0.6 is 0 Å². The summed E-state index contributed by atoms with van der Waals surface area (Å²) in [5.41, 5.74) is 4.63. The minimum Gasteiger partial charge on any atom is -0.444 e. The molecule has 1 atom stereocenters. The summed E-state index contributed by atoms with van der Waals surface area (Å²) in [6.07, 6.45) is 12.2. The molecular formula is C36H41N11O2. The first-order chi connectivity index (χ1) is 23.7. The second kappa shape index (κ2) is 13.3. The van der Waals surface area contributed by atoms with Crippen molar-refractivity contribution >= 4 is 17.4 Å². The van der Waals surface area contributed by atoms with Crippen molar-refractivity contribution < 1.29 is 9.53 Å². The molecule has 2 fully saturated rings. The van der Waals surface area contributed by atoms with Crippen LogP contribution in [0.5, 0.6) is 0 Å². The number of amides is 1. The van der Waals surface area contributed by atoms with E-state index in [4.69, 9.17) is 14.7 Å². The van der Waals surface area contributed by atoms with Crippen molar-refractivity contribution in [3.8, 4) is 28.6 Å². The number of ether oxygens (including phenoxy) is 1. The van der Waals surface area contributed by atoms with Gasteiger partial charge in [0.1, 0.15) is 28.6 Å². The Morgan fingerprint density at radius 1 is 0.939 bits per heavy atom. The largest absolute Gasteiger partial charge is 0.444 e. The monoisotopic (exact) mass is 659 g/mol. The summed E-state index contributed by atoms with van der Waals surface area (Å²) < 4.78 is 9.23. The van der Waals surface area contributed by atoms with Crippen molar-refractivity contribution in [3.63, 3.8) is 0 Å². The quantitative estimate of drug-likeness (QED) is 0.234. The first-order valence-corrected chi connectivity index (χ1v) is 16.8. The van der Waals surface area contributed by atoms with Crippen LogP contribution in [0.15, 0.2) is 67.5 Å². The third-order valence-electron chi connectivity index (χ3n) is 9.33. The number of anilines is 1. The topological polar surface area (TPSA) is 134 Å². The SMILES string of the molecule is CC(c1ccccn1)N1CCN(c2ccc(-c3nc(-c4cnn(C5CCN(C(=O)OC(C)(C)C)CC5)c4)cn4ncc(C#N)c34)cn2)CC1. The third kappa shape index (κ3) is 6.82. The fourth-order valence-electron chi connectivity index (χ4n) is 6.61. The van der Waals surface area contributed by atoms with Gasteiger partial charge in [0.15, 0.2) is 0 Å². The predicted molar refractivity (Wildman–Crippen MR) is 185 cm³/mol. The molecule has 13 heteroatoms. The number of rotatable bonds is 6. The Labute approximate surface area is 285 Å². The Bertz CT molecular complexity index is 1960. The highest BCUT2D eigenvalue weighted by Crippen LogP contribution is 2.31. The number of aromatic nitrogens is 7. The molecule has 7 heterocycles. The standard InChI is InChI=1S/C36H41N11O2/c1-25(30-7-5-6-12-38-30)43-15-17-44(18-16-43)32-9-8-26(20-39-32)33-34-27(19-37)21-41-47(34)24-31(42-33)28-22-40-46(23-28)29-10-13-45(14-11-29)35(48)49-36(2,3)4/h5-9,12,20-25,29H,10-11,13-18H2,1-4H3. The van der Waals surface area contributed by atoms with E-state index in [2.05, 4.69) is 44.0 Å². The molecule has 5 aromatic rings. The van der Waals surface area contributed by atoms with E-state index in [9.17, 15) is 10.1 Å². The molecule has 2 saturated heterocycles. The average Bonchev–Trinajstić information content (AvgIpc) is 3.79. The van der Waals surface area contributed by atoms with Gasteiger partial charge in [0.25, 0.3) is 0 Å². The number of carbonyl (C=O) groups excluding carboxylic acids is 1. The van der Waals surface area contributed by atoms with Crippen LogP contribution < -0.4 is 4.90 Å². The lowest BCUT2D eigenvalue weighted by Gasteiger charge is -2.38. The highest BCUT2D eigenvalue weighted by Gasteiger charge is 2.28. The lowest BCUT2D eigenvalue weighted by atomic mass is 10.1. The number of fused-ring (bicyclic) bond motifs is 1. The summed E-state index contributed by atoms with van der Waals surface area (Å²) in [6.45, 7) is 12.6. The van der Waals surface area contributed by atoms with Crippen molar-refractivity contribution in [1.82, 2.24) is 44.1 Å². The Balaban J connectivity index is 1.07. The van der Waals surface area contributed by atoms with Gasteiger partial charge in [-0.1, -0.05) is 6.07 Å². The molecule has 0 saturated carbocycles. The van der Waals surface area contributed by atoms with E-state index < -0.39 is 5.60 Å². The van der Waals surface area contributed by atoms with Gasteiger partial charge in [0.2, 0.25) is 0 Å². The van der Waals surface area contributed by atoms with Crippen LogP contribution in [-0.2, 0) is 4.74 Å². The molecule has 0 radical (unpaired) electrons. The maximum absolute atomic E-state index is 12.5. The van der Waals surface area contributed by atoms with E-state index in [1.807, 2.05) is 80.7 Å². The minimum absolute atomic E-state index is 0.155. The number of hydrogen-bond acceptors (Lipinski definition) is 10. The molecular weight excluding hydrogens is 618 g/mol. The van der Waals surface area contributed by atoms with E-state index in [0.717, 1.165) is 61.7 Å². The second-order valence-corrected chi connectivity index (χ2v) is 13.7. The molecule has 0 spiro atoms. The lowest BCUT2D eigenvalue weighted by molar-refractivity contribution is 0.0185. The molecule has 2 aliphatic heterocycles. The minimum atomic E-state index is -0.520. The fraction of sp³-hybridized carbons (Fsp3) is 0.417. The van der Waals surface area contributed by atoms with Gasteiger partial charge in [0.05, 0.1) is 41.7 Å². The maximum atomic E-state index is 12.5. The Kier molecular flexibility index (Phi) is 8.73. The van der Waals surface area contributed by atoms with E-state index >= 15 is 0 Å². The van der Waals surface area contributed by atoms with Crippen molar-refractivity contribution in [2.45, 2.75) is 58.2 Å². The first kappa shape index (κ1) is 32.2. The third-order valence-corrected chi connectivity index (χ3v) is 9.33. The van der Waals surface area contributed by atoms with Crippen LogP contribution in [0.3, 0.4) is 0 Å². The van der Waals surface area contributed by atoms with E-state index in [1.54, 1.807) is 15.6 Å². The Morgan fingerprint density at radius 3 is 2.41 bits per heavy atom. The van der Waals surface area contributed by atoms with Crippen LogP contribution in [0.2, 0.25) is 0 Å². The zero-order valence-corrected chi connectivity index (χ0v) is 28.4. The second-order valence-electron chi connectivity index (χ2n) is 13.7. The van der Waals surface area contributed by atoms with Gasteiger partial charge >= 0.3 is 6.09 Å². The summed E-state index contributed by atoms with van der Waals surface area (Å²) in [5, 5.41) is 19.0. The predicted octanol–water partition coefficient (Wildman–Crippen LogP) is 5.38. The highest BCUT2D eigenvalue weighted by atomic mass is 16.6. The number of piperazine rings is 1. The molecule has 252 valence electrons. The molecule has 0 N–H and O–H groups in total. The zero-order chi connectivity index (χ0) is 34.1. The lowest BCUT2D eigenvalue weighted by Crippen LogP contribution is -2.47. The van der Waals surface area contributed by atoms with Crippen LogP contribution in [-0.4, -0.2) is 95.1 Å². The summed E-state index contributed by atoms with van der Waals surface area (Å²) in [7, 11) is 0. The van der Waals surface area contributed by atoms with Crippen LogP contribution in [0, 0.1) is 11.3 Å². The Morgan fingerprint density at radius 2 is 1.73 bits per heavy atom. The molecule has 0 bridgehead atoms. The number of hydrogen-bond donors (Lipinski definition) is 0. The summed E-state index contributed by atoms with van der Waals surface area (Å²) >= 11 is 0. The first-order valence-electron chi connectivity index (χ1n) is 16.8. The molecule has 49 heavy (non-hydrogen) atoms. The van der Waals surface area contributed by atoms with Crippen molar-refractivity contribution in [2.24, 2.45) is 0 Å². The molecule has 1 unspecified atom stereocenters. The van der Waals surface area contributed by atoms with Crippen LogP contribution in [0.1, 0.15) is 63.9 Å². The molecule has 7 rings (SSSR count). The Hall–Kier alpha value is -5.35. The summed E-state index contributed by atoms with van der Waals surface area (Å²) in [5.74, 6) is 0.911. The molecule has 2 aliphatic rings. The zero-order valence-electron chi connectivity index (χ0n) is 28.4. The van der Waals surface area contributed by atoms with Crippen molar-refractivity contribution in [2.75, 3.05) is 44.2 Å². The average molecular weight is 660 g/mol. The van der Waals surface area contributed by atoms with Gasteiger partial charge in [0, 0.05) is 75.0 Å². The van der Waals surface area contributed by atoms with Gasteiger partial charge in [-0.2, -0.15) is 15.5 Å². The molecule has 5 aromatic heterocycles. The van der Waals surface area contributed by atoms with Crippen LogP contribution in [0.4, 0.5) is 10.6 Å². The van der Waals surface area contributed by atoms with E-state index in [1.165, 1.54) is 0 Å². The van der Waals surface area contributed by atoms with Crippen LogP contribution in [0.25, 0.3) is 28.0 Å². The number of nitrogens with zero attached hydrogens (tertiary/aromatic N) is 11. The van der Waals surface area contributed by atoms with Gasteiger partial charge in [-0.3, -0.25) is 14.6 Å². The van der Waals surface area contributed by atoms with Gasteiger partial charge < -0.3 is 14.5 Å². The fourth-order valence-corrected chi connectivity index (χ4v) is 6.61. The van der Waals surface area contributed by atoms with Gasteiger partial charge in [-0.05, 0) is 64.8 Å². The van der Waals surface area contributed by atoms with Crippen molar-refractivity contribution in [3.05, 3.63) is 78.8 Å². The number of carbonyl (C=O) groups is 1. The summed E-state index contributed by atoms with van der Waals surface area (Å²) in [4.78, 5) is 33.5. The molecule has 1 amide bonds. The normalized spacial score (nSPS) is 16.9. The number of pyridine rings is 2. The molecule has 0 aliphatic carbocycles. The smallest absolute Gasteiger partial charge is 0.410 e. The maximum Gasteiger partial charge on any atom is 0.410 e. The van der Waals surface area contributed by atoms with E-state index in [0.29, 0.717) is 35.6 Å². The number of likely N-dealkylation sites (tertiary alicyclic amines) is 1. The van der Waals surface area contributed by atoms with E-state index in [-0.39, 0.29) is 18.2 Å². The number of piperidine rings is 1. The molecule has 13 nitrogen and oxygen atoms in total. The van der Waals surface area contributed by atoms with Gasteiger partial charge in [-0.25, -0.2) is 19.3 Å². The highest BCUT2D eigenvalue weighted by molar-refractivity contribution is 5.83. The summed E-state index contributed by atoms with van der Waals surface area (Å²) in [6, 6.07) is 12.8. The van der Waals surface area contributed by atoms with Crippen molar-refractivity contribution in [1.29, 1.82) is 5.26 Å². The van der Waals surface area contributed by atoms with Gasteiger partial charge in [-0.15, -0.1) is 0 Å². The molecule has 0 aromatic carbocycles.